The summed E-state index contributed by atoms with van der Waals surface area (Å²) in [7, 11) is 1.74. The van der Waals surface area contributed by atoms with Crippen molar-refractivity contribution < 1.29 is 9.84 Å². The number of likely N-dealkylation sites (tertiary alicyclic amines) is 1. The maximum absolute atomic E-state index is 10.4. The number of nitrogens with one attached hydrogen (secondary N) is 1. The Morgan fingerprint density at radius 3 is 2.70 bits per heavy atom. The standard InChI is InChI=1S/C28H28N10O2/c1-17-10-21(12-29)35-38(17)28-23(18(2)39)6-9-27(32-28)37-16-30-24-7-4-19(11-25(24)37)31-26-8-5-20(33-34-26)13-36-14-22(15-36)40-3/h4-11,16,18,22,39H,13-15H2,1-3H3,(H,31,34). The molecule has 0 bridgehead atoms. The van der Waals surface area contributed by atoms with Crippen molar-refractivity contribution in [3.63, 3.8) is 0 Å². The van der Waals surface area contributed by atoms with Crippen LogP contribution in [0.2, 0.25) is 0 Å². The fraction of sp³-hybridized carbons (Fsp3) is 0.286. The Labute approximate surface area is 230 Å². The zero-order valence-electron chi connectivity index (χ0n) is 22.4. The Morgan fingerprint density at radius 2 is 2.00 bits per heavy atom. The topological polar surface area (TPSA) is 143 Å². The van der Waals surface area contributed by atoms with Crippen LogP contribution in [0, 0.1) is 18.3 Å². The SMILES string of the molecule is COC1CN(Cc2ccc(Nc3ccc4ncn(-c5ccc(C(C)O)c(-n6nc(C#N)cc6C)n5)c4c3)nn2)C1. The van der Waals surface area contributed by atoms with Crippen molar-refractivity contribution in [3.05, 3.63) is 77.5 Å². The molecule has 4 aromatic heterocycles. The molecule has 0 spiro atoms. The van der Waals surface area contributed by atoms with Gasteiger partial charge in [0.15, 0.2) is 17.3 Å². The molecule has 0 saturated carbocycles. The zero-order valence-corrected chi connectivity index (χ0v) is 22.4. The molecule has 1 aliphatic heterocycles. The van der Waals surface area contributed by atoms with E-state index in [1.54, 1.807) is 31.1 Å². The van der Waals surface area contributed by atoms with Crippen molar-refractivity contribution in [1.82, 2.24) is 39.4 Å². The fourth-order valence-electron chi connectivity index (χ4n) is 4.78. The number of fused-ring (bicyclic) bond motifs is 1. The maximum Gasteiger partial charge on any atom is 0.163 e. The van der Waals surface area contributed by atoms with Gasteiger partial charge in [0.05, 0.1) is 28.9 Å². The first kappa shape index (κ1) is 25.6. The van der Waals surface area contributed by atoms with Crippen LogP contribution < -0.4 is 5.32 Å². The summed E-state index contributed by atoms with van der Waals surface area (Å²) < 4.78 is 8.78. The smallest absolute Gasteiger partial charge is 0.163 e. The summed E-state index contributed by atoms with van der Waals surface area (Å²) in [6, 6.07) is 17.1. The molecule has 12 heteroatoms. The van der Waals surface area contributed by atoms with Gasteiger partial charge >= 0.3 is 0 Å². The Kier molecular flexibility index (Phi) is 6.69. The quantitative estimate of drug-likeness (QED) is 0.303. The number of aromatic nitrogens is 7. The highest BCUT2D eigenvalue weighted by Crippen LogP contribution is 2.27. The van der Waals surface area contributed by atoms with Crippen molar-refractivity contribution in [2.45, 2.75) is 32.6 Å². The number of hydrogen-bond donors (Lipinski definition) is 2. The first-order valence-corrected chi connectivity index (χ1v) is 12.9. The molecule has 0 amide bonds. The van der Waals surface area contributed by atoms with Gasteiger partial charge < -0.3 is 15.2 Å². The number of methoxy groups -OCH3 is 1. The molecule has 1 atom stereocenters. The summed E-state index contributed by atoms with van der Waals surface area (Å²) in [6.07, 6.45) is 1.24. The van der Waals surface area contributed by atoms with Gasteiger partial charge in [0.25, 0.3) is 0 Å². The number of pyridine rings is 1. The van der Waals surface area contributed by atoms with Crippen LogP contribution >= 0.6 is 0 Å². The van der Waals surface area contributed by atoms with Gasteiger partial charge in [-0.2, -0.15) is 15.5 Å². The van der Waals surface area contributed by atoms with E-state index in [4.69, 9.17) is 9.72 Å². The van der Waals surface area contributed by atoms with E-state index in [-0.39, 0.29) is 5.69 Å². The van der Waals surface area contributed by atoms with Crippen molar-refractivity contribution in [2.75, 3.05) is 25.5 Å². The van der Waals surface area contributed by atoms with E-state index >= 15 is 0 Å². The summed E-state index contributed by atoms with van der Waals surface area (Å²) in [5, 5.41) is 36.1. The normalized spacial score (nSPS) is 14.7. The highest BCUT2D eigenvalue weighted by molar-refractivity contribution is 5.82. The lowest BCUT2D eigenvalue weighted by molar-refractivity contribution is -0.0340. The molecule has 202 valence electrons. The van der Waals surface area contributed by atoms with Crippen molar-refractivity contribution in [2.24, 2.45) is 0 Å². The zero-order chi connectivity index (χ0) is 27.8. The molecule has 1 saturated heterocycles. The molecule has 5 heterocycles. The molecule has 6 rings (SSSR count). The number of hydrogen-bond acceptors (Lipinski definition) is 10. The van der Waals surface area contributed by atoms with Crippen LogP contribution in [0.3, 0.4) is 0 Å². The number of nitrogens with zero attached hydrogens (tertiary/aromatic N) is 9. The number of rotatable bonds is 8. The molecule has 5 aromatic rings. The molecule has 1 unspecified atom stereocenters. The molecule has 0 radical (unpaired) electrons. The van der Waals surface area contributed by atoms with Crippen molar-refractivity contribution >= 4 is 22.5 Å². The minimum atomic E-state index is -0.776. The average molecular weight is 537 g/mol. The minimum Gasteiger partial charge on any atom is -0.389 e. The van der Waals surface area contributed by atoms with Crippen LogP contribution in [0.25, 0.3) is 22.7 Å². The molecule has 40 heavy (non-hydrogen) atoms. The summed E-state index contributed by atoms with van der Waals surface area (Å²) in [6.45, 7) is 6.08. The first-order valence-electron chi connectivity index (χ1n) is 12.9. The van der Waals surface area contributed by atoms with Gasteiger partial charge in [0.2, 0.25) is 0 Å². The molecule has 1 aliphatic rings. The predicted molar refractivity (Wildman–Crippen MR) is 147 cm³/mol. The third kappa shape index (κ3) is 4.89. The number of imidazole rings is 1. The number of anilines is 2. The van der Waals surface area contributed by atoms with E-state index in [1.807, 2.05) is 54.0 Å². The number of benzene rings is 1. The molecular weight excluding hydrogens is 508 g/mol. The molecular formula is C28H28N10O2. The predicted octanol–water partition coefficient (Wildman–Crippen LogP) is 3.20. The van der Waals surface area contributed by atoms with E-state index in [1.165, 1.54) is 0 Å². The third-order valence-electron chi connectivity index (χ3n) is 6.97. The van der Waals surface area contributed by atoms with E-state index < -0.39 is 6.10 Å². The minimum absolute atomic E-state index is 0.279. The van der Waals surface area contributed by atoms with E-state index in [9.17, 15) is 10.4 Å². The van der Waals surface area contributed by atoms with E-state index in [2.05, 4.69) is 36.6 Å². The van der Waals surface area contributed by atoms with Gasteiger partial charge in [0.1, 0.15) is 18.2 Å². The Balaban J connectivity index is 1.27. The number of aliphatic hydroxyl groups is 1. The summed E-state index contributed by atoms with van der Waals surface area (Å²) in [4.78, 5) is 11.6. The molecule has 12 nitrogen and oxygen atoms in total. The highest BCUT2D eigenvalue weighted by Gasteiger charge is 2.26. The van der Waals surface area contributed by atoms with Crippen LogP contribution in [0.15, 0.2) is 54.9 Å². The summed E-state index contributed by atoms with van der Waals surface area (Å²) >= 11 is 0. The Hall–Kier alpha value is -4.70. The average Bonchev–Trinajstić information content (AvgIpc) is 3.53. The van der Waals surface area contributed by atoms with Crippen LogP contribution in [-0.2, 0) is 11.3 Å². The molecule has 1 fully saturated rings. The lowest BCUT2D eigenvalue weighted by atomic mass is 10.1. The van der Waals surface area contributed by atoms with Crippen LogP contribution in [0.5, 0.6) is 0 Å². The number of aliphatic hydroxyl groups excluding tert-OH is 1. The highest BCUT2D eigenvalue weighted by atomic mass is 16.5. The monoisotopic (exact) mass is 536 g/mol. The van der Waals surface area contributed by atoms with Gasteiger partial charge in [-0.25, -0.2) is 14.6 Å². The van der Waals surface area contributed by atoms with Gasteiger partial charge in [0, 0.05) is 43.7 Å². The second-order valence-corrected chi connectivity index (χ2v) is 9.86. The molecule has 1 aromatic carbocycles. The van der Waals surface area contributed by atoms with Crippen molar-refractivity contribution in [1.29, 1.82) is 5.26 Å². The van der Waals surface area contributed by atoms with E-state index in [0.717, 1.165) is 47.7 Å². The van der Waals surface area contributed by atoms with Gasteiger partial charge in [-0.15, -0.1) is 5.10 Å². The third-order valence-corrected chi connectivity index (χ3v) is 6.97. The lowest BCUT2D eigenvalue weighted by Crippen LogP contribution is -2.51. The molecule has 2 N–H and O–H groups in total. The fourth-order valence-corrected chi connectivity index (χ4v) is 4.78. The van der Waals surface area contributed by atoms with Crippen LogP contribution in [-0.4, -0.2) is 70.8 Å². The number of nitriles is 1. The van der Waals surface area contributed by atoms with Gasteiger partial charge in [-0.3, -0.25) is 9.47 Å². The Bertz CT molecular complexity index is 1710. The lowest BCUT2D eigenvalue weighted by Gasteiger charge is -2.37. The number of aryl methyl sites for hydroxylation is 1. The molecule has 0 aliphatic carbocycles. The van der Waals surface area contributed by atoms with Crippen molar-refractivity contribution in [3.8, 4) is 17.7 Å². The second-order valence-electron chi connectivity index (χ2n) is 9.86. The Morgan fingerprint density at radius 1 is 1.15 bits per heavy atom. The maximum atomic E-state index is 10.4. The largest absolute Gasteiger partial charge is 0.389 e. The first-order chi connectivity index (χ1) is 19.4. The second kappa shape index (κ2) is 10.5. The van der Waals surface area contributed by atoms with Gasteiger partial charge in [-0.1, -0.05) is 0 Å². The van der Waals surface area contributed by atoms with Crippen LogP contribution in [0.1, 0.15) is 35.7 Å². The van der Waals surface area contributed by atoms with E-state index in [0.29, 0.717) is 29.1 Å². The number of ether oxygens (including phenoxy) is 1. The van der Waals surface area contributed by atoms with Crippen LogP contribution in [0.4, 0.5) is 11.5 Å². The summed E-state index contributed by atoms with van der Waals surface area (Å²) in [5.74, 6) is 1.68. The van der Waals surface area contributed by atoms with Gasteiger partial charge in [-0.05, 0) is 62.4 Å². The summed E-state index contributed by atoms with van der Waals surface area (Å²) in [5.41, 5.74) is 4.97.